The summed E-state index contributed by atoms with van der Waals surface area (Å²) in [4.78, 5) is 40.1. The van der Waals surface area contributed by atoms with E-state index in [2.05, 4.69) is 16.0 Å². The topological polar surface area (TPSA) is 103 Å². The molecule has 0 bridgehead atoms. The number of amides is 4. The highest BCUT2D eigenvalue weighted by Gasteiger charge is 2.32. The number of nitrogens with zero attached hydrogens (tertiary/aromatic N) is 2. The molecule has 0 radical (unpaired) electrons. The molecule has 1 aromatic carbocycles. The number of para-hydroxylation sites is 1. The Morgan fingerprint density at radius 3 is 2.76 bits per heavy atom. The van der Waals surface area contributed by atoms with Crippen molar-refractivity contribution in [2.45, 2.75) is 25.9 Å². The van der Waals surface area contributed by atoms with E-state index in [1.54, 1.807) is 4.90 Å². The van der Waals surface area contributed by atoms with Crippen LogP contribution in [0.3, 0.4) is 0 Å². The van der Waals surface area contributed by atoms with Gasteiger partial charge in [0.2, 0.25) is 11.8 Å². The van der Waals surface area contributed by atoms with Crippen LogP contribution in [0.5, 0.6) is 5.75 Å². The Morgan fingerprint density at radius 2 is 2.00 bits per heavy atom. The summed E-state index contributed by atoms with van der Waals surface area (Å²) in [7, 11) is 0. The van der Waals surface area contributed by atoms with Gasteiger partial charge in [0.25, 0.3) is 0 Å². The molecular formula is C20H29N5O4. The van der Waals surface area contributed by atoms with E-state index in [1.807, 2.05) is 36.1 Å². The van der Waals surface area contributed by atoms with Gasteiger partial charge in [-0.25, -0.2) is 4.79 Å². The Hall–Kier alpha value is -2.81. The number of hydrogen-bond donors (Lipinski definition) is 3. The largest absolute Gasteiger partial charge is 0.494 e. The minimum absolute atomic E-state index is 0.0782. The van der Waals surface area contributed by atoms with Crippen molar-refractivity contribution in [3.8, 4) is 5.75 Å². The second-order valence-electron chi connectivity index (χ2n) is 7.09. The predicted molar refractivity (Wildman–Crippen MR) is 107 cm³/mol. The number of ether oxygens (including phenoxy) is 1. The Kier molecular flexibility index (Phi) is 7.29. The number of rotatable bonds is 9. The minimum atomic E-state index is -0.534. The van der Waals surface area contributed by atoms with Gasteiger partial charge in [-0.15, -0.1) is 0 Å². The Balaban J connectivity index is 1.56. The van der Waals surface area contributed by atoms with Crippen molar-refractivity contribution in [2.24, 2.45) is 0 Å². The highest BCUT2D eigenvalue weighted by Crippen LogP contribution is 2.22. The van der Waals surface area contributed by atoms with E-state index in [-0.39, 0.29) is 24.3 Å². The molecule has 2 saturated heterocycles. The molecule has 1 atom stereocenters. The molecule has 2 aliphatic rings. The van der Waals surface area contributed by atoms with E-state index in [1.165, 1.54) is 0 Å². The summed E-state index contributed by atoms with van der Waals surface area (Å²) in [6.07, 6.45) is 0.0782. The number of hydrogen-bond acceptors (Lipinski definition) is 5. The number of carbonyl (C=O) groups is 3. The molecule has 1 unspecified atom stereocenters. The van der Waals surface area contributed by atoms with Gasteiger partial charge in [0.1, 0.15) is 5.75 Å². The van der Waals surface area contributed by atoms with Crippen LogP contribution < -0.4 is 20.7 Å². The highest BCUT2D eigenvalue weighted by atomic mass is 16.5. The molecule has 0 saturated carbocycles. The summed E-state index contributed by atoms with van der Waals surface area (Å²) in [6, 6.07) is 7.12. The smallest absolute Gasteiger partial charge is 0.317 e. The lowest BCUT2D eigenvalue weighted by atomic mass is 10.1. The first-order valence-corrected chi connectivity index (χ1v) is 10.1. The third kappa shape index (κ3) is 5.60. The van der Waals surface area contributed by atoms with Gasteiger partial charge in [-0.2, -0.15) is 0 Å². The second kappa shape index (κ2) is 10.1. The van der Waals surface area contributed by atoms with Crippen molar-refractivity contribution in [3.05, 3.63) is 29.8 Å². The van der Waals surface area contributed by atoms with Crippen LogP contribution in [0.15, 0.2) is 24.3 Å². The van der Waals surface area contributed by atoms with E-state index < -0.39 is 6.04 Å². The summed E-state index contributed by atoms with van der Waals surface area (Å²) in [5.41, 5.74) is 0.995. The van der Waals surface area contributed by atoms with Crippen LogP contribution in [0.4, 0.5) is 4.79 Å². The molecule has 9 nitrogen and oxygen atoms in total. The van der Waals surface area contributed by atoms with Gasteiger partial charge in [-0.1, -0.05) is 18.2 Å². The van der Waals surface area contributed by atoms with Crippen molar-refractivity contribution < 1.29 is 19.1 Å². The summed E-state index contributed by atoms with van der Waals surface area (Å²) in [6.45, 7) is 6.36. The van der Waals surface area contributed by atoms with Gasteiger partial charge in [0.05, 0.1) is 19.1 Å². The van der Waals surface area contributed by atoms with Crippen LogP contribution in [0.2, 0.25) is 0 Å². The zero-order valence-electron chi connectivity index (χ0n) is 16.8. The summed E-state index contributed by atoms with van der Waals surface area (Å²) >= 11 is 0. The van der Waals surface area contributed by atoms with E-state index in [0.29, 0.717) is 52.4 Å². The number of piperazine rings is 1. The van der Waals surface area contributed by atoms with E-state index in [9.17, 15) is 14.4 Å². The Bertz CT molecular complexity index is 741. The molecule has 3 N–H and O–H groups in total. The van der Waals surface area contributed by atoms with Crippen molar-refractivity contribution in [2.75, 3.05) is 45.9 Å². The lowest BCUT2D eigenvalue weighted by Gasteiger charge is -2.35. The molecule has 29 heavy (non-hydrogen) atoms. The SMILES string of the molecule is CCOc1ccccc1CN1CCNC(=O)C1CC(=O)NCCN1CCNC1=O. The molecule has 2 heterocycles. The molecule has 0 spiro atoms. The summed E-state index contributed by atoms with van der Waals surface area (Å²) in [5.74, 6) is 0.460. The fourth-order valence-corrected chi connectivity index (χ4v) is 3.63. The minimum Gasteiger partial charge on any atom is -0.494 e. The first-order chi connectivity index (χ1) is 14.1. The molecule has 4 amide bonds. The molecule has 0 aliphatic carbocycles. The lowest BCUT2D eigenvalue weighted by molar-refractivity contribution is -0.134. The average molecular weight is 403 g/mol. The van der Waals surface area contributed by atoms with E-state index in [4.69, 9.17) is 4.74 Å². The van der Waals surface area contributed by atoms with Crippen LogP contribution in [0.25, 0.3) is 0 Å². The zero-order chi connectivity index (χ0) is 20.6. The van der Waals surface area contributed by atoms with Crippen LogP contribution in [0, 0.1) is 0 Å². The lowest BCUT2D eigenvalue weighted by Crippen LogP contribution is -2.56. The van der Waals surface area contributed by atoms with E-state index in [0.717, 1.165) is 11.3 Å². The number of urea groups is 1. The maximum Gasteiger partial charge on any atom is 0.317 e. The summed E-state index contributed by atoms with van der Waals surface area (Å²) in [5, 5.41) is 8.39. The van der Waals surface area contributed by atoms with Crippen molar-refractivity contribution >= 4 is 17.8 Å². The normalized spacial score (nSPS) is 19.6. The zero-order valence-corrected chi connectivity index (χ0v) is 16.8. The standard InChI is InChI=1S/C20H29N5O4/c1-2-29-17-6-4-3-5-15(17)14-25-12-8-22-19(27)16(25)13-18(26)21-7-10-24-11-9-23-20(24)28/h3-6,16H,2,7-14H2,1H3,(H,21,26)(H,22,27)(H,23,28). The fourth-order valence-electron chi connectivity index (χ4n) is 3.63. The fraction of sp³-hybridized carbons (Fsp3) is 0.550. The van der Waals surface area contributed by atoms with Gasteiger partial charge in [0.15, 0.2) is 0 Å². The molecule has 2 fully saturated rings. The maximum atomic E-state index is 12.4. The van der Waals surface area contributed by atoms with Gasteiger partial charge in [0, 0.05) is 51.4 Å². The first-order valence-electron chi connectivity index (χ1n) is 10.1. The van der Waals surface area contributed by atoms with Crippen molar-refractivity contribution in [3.63, 3.8) is 0 Å². The third-order valence-electron chi connectivity index (χ3n) is 5.12. The number of nitrogens with one attached hydrogen (secondary N) is 3. The van der Waals surface area contributed by atoms with Crippen molar-refractivity contribution in [1.82, 2.24) is 25.8 Å². The van der Waals surface area contributed by atoms with Crippen LogP contribution in [0.1, 0.15) is 18.9 Å². The third-order valence-corrected chi connectivity index (χ3v) is 5.12. The average Bonchev–Trinajstić information content (AvgIpc) is 3.11. The Labute approximate surface area is 170 Å². The number of benzene rings is 1. The summed E-state index contributed by atoms with van der Waals surface area (Å²) < 4.78 is 5.69. The molecule has 9 heteroatoms. The predicted octanol–water partition coefficient (Wildman–Crippen LogP) is -0.0828. The van der Waals surface area contributed by atoms with Crippen LogP contribution >= 0.6 is 0 Å². The van der Waals surface area contributed by atoms with Crippen LogP contribution in [-0.4, -0.2) is 79.6 Å². The van der Waals surface area contributed by atoms with E-state index >= 15 is 0 Å². The molecule has 3 rings (SSSR count). The second-order valence-corrected chi connectivity index (χ2v) is 7.09. The highest BCUT2D eigenvalue weighted by molar-refractivity contribution is 5.88. The van der Waals surface area contributed by atoms with Crippen molar-refractivity contribution in [1.29, 1.82) is 0 Å². The molecule has 158 valence electrons. The molecule has 1 aromatic rings. The first kappa shape index (κ1) is 20.9. The van der Waals surface area contributed by atoms with Gasteiger partial charge in [-0.05, 0) is 13.0 Å². The molecular weight excluding hydrogens is 374 g/mol. The van der Waals surface area contributed by atoms with Gasteiger partial charge in [-0.3, -0.25) is 14.5 Å². The molecule has 2 aliphatic heterocycles. The number of carbonyl (C=O) groups excluding carboxylic acids is 3. The van der Waals surface area contributed by atoms with Gasteiger partial charge >= 0.3 is 6.03 Å². The maximum absolute atomic E-state index is 12.4. The monoisotopic (exact) mass is 403 g/mol. The quantitative estimate of drug-likeness (QED) is 0.535. The van der Waals surface area contributed by atoms with Crippen LogP contribution in [-0.2, 0) is 16.1 Å². The molecule has 0 aromatic heterocycles. The van der Waals surface area contributed by atoms with Gasteiger partial charge < -0.3 is 25.6 Å². The Morgan fingerprint density at radius 1 is 1.21 bits per heavy atom.